The molecule has 9 nitrogen and oxygen atoms in total. The Morgan fingerprint density at radius 3 is 2.56 bits per heavy atom. The van der Waals surface area contributed by atoms with E-state index in [1.807, 2.05) is 0 Å². The van der Waals surface area contributed by atoms with Crippen LogP contribution in [0.5, 0.6) is 0 Å². The van der Waals surface area contributed by atoms with E-state index in [9.17, 15) is 13.2 Å². The number of nitrogens with zero attached hydrogens (tertiary/aromatic N) is 7. The van der Waals surface area contributed by atoms with Gasteiger partial charge in [0, 0.05) is 36.9 Å². The molecular weight excluding hydrogens is 423 g/mol. The zero-order valence-electron chi connectivity index (χ0n) is 17.1. The fourth-order valence-corrected chi connectivity index (χ4v) is 3.68. The summed E-state index contributed by atoms with van der Waals surface area (Å²) >= 11 is 0. The minimum Gasteiger partial charge on any atom is -0.344 e. The molecule has 0 fully saturated rings. The van der Waals surface area contributed by atoms with E-state index in [0.29, 0.717) is 12.2 Å². The van der Waals surface area contributed by atoms with E-state index in [-0.39, 0.29) is 29.8 Å². The third-order valence-electron chi connectivity index (χ3n) is 5.17. The van der Waals surface area contributed by atoms with Gasteiger partial charge in [0.25, 0.3) is 0 Å². The van der Waals surface area contributed by atoms with E-state index in [4.69, 9.17) is 10.8 Å². The number of amidine groups is 1. The predicted octanol–water partition coefficient (Wildman–Crippen LogP) is 3.67. The normalized spacial score (nSPS) is 16.2. The van der Waals surface area contributed by atoms with Gasteiger partial charge < -0.3 is 4.90 Å². The summed E-state index contributed by atoms with van der Waals surface area (Å²) in [5, 5.41) is 16.1. The highest BCUT2D eigenvalue weighted by molar-refractivity contribution is 6.16. The fourth-order valence-electron chi connectivity index (χ4n) is 3.68. The molecule has 0 radical (unpaired) electrons. The van der Waals surface area contributed by atoms with Gasteiger partial charge in [0.15, 0.2) is 5.82 Å². The number of hydrogen-bond donors (Lipinski definition) is 2. The average Bonchev–Trinajstić information content (AvgIpc) is 3.27. The van der Waals surface area contributed by atoms with E-state index in [1.54, 1.807) is 48.4 Å². The second-order valence-corrected chi connectivity index (χ2v) is 7.10. The number of alkyl halides is 3. The van der Waals surface area contributed by atoms with Crippen molar-refractivity contribution in [2.75, 3.05) is 16.3 Å². The summed E-state index contributed by atoms with van der Waals surface area (Å²) in [5.74, 6) is 1.01. The van der Waals surface area contributed by atoms with Crippen LogP contribution in [-0.4, -0.2) is 55.4 Å². The summed E-state index contributed by atoms with van der Waals surface area (Å²) in [5.41, 5.74) is 1.06. The van der Waals surface area contributed by atoms with Crippen molar-refractivity contribution in [1.82, 2.24) is 24.5 Å². The molecule has 0 aromatic carbocycles. The maximum atomic E-state index is 13.0. The number of rotatable bonds is 6. The smallest absolute Gasteiger partial charge is 0.344 e. The maximum absolute atomic E-state index is 13.0. The van der Waals surface area contributed by atoms with Gasteiger partial charge >= 0.3 is 6.18 Å². The van der Waals surface area contributed by atoms with Crippen molar-refractivity contribution in [1.29, 1.82) is 10.8 Å². The first kappa shape index (κ1) is 21.4. The molecule has 12 heteroatoms. The first-order valence-corrected chi connectivity index (χ1v) is 9.87. The molecule has 0 aliphatic carbocycles. The molecule has 0 unspecified atom stereocenters. The molecule has 0 bridgehead atoms. The summed E-state index contributed by atoms with van der Waals surface area (Å²) in [4.78, 5) is 20.0. The van der Waals surface area contributed by atoms with Gasteiger partial charge in [-0.25, -0.2) is 9.97 Å². The molecule has 2 N–H and O–H groups in total. The molecule has 0 spiro atoms. The lowest BCUT2D eigenvalue weighted by atomic mass is 10.1. The zero-order chi connectivity index (χ0) is 22.9. The molecule has 166 valence electrons. The monoisotopic (exact) mass is 443 g/mol. The van der Waals surface area contributed by atoms with Crippen LogP contribution in [0.25, 0.3) is 17.3 Å². The zero-order valence-corrected chi connectivity index (χ0v) is 17.1. The molecule has 0 saturated heterocycles. The second kappa shape index (κ2) is 8.36. The van der Waals surface area contributed by atoms with Crippen LogP contribution < -0.4 is 9.80 Å². The molecule has 0 amide bonds. The molecule has 0 saturated carbocycles. The van der Waals surface area contributed by atoms with Gasteiger partial charge in [-0.15, -0.1) is 0 Å². The number of pyridine rings is 1. The van der Waals surface area contributed by atoms with Crippen LogP contribution in [0.1, 0.15) is 19.8 Å². The molecule has 1 atom stereocenters. The Bertz CT molecular complexity index is 1130. The third kappa shape index (κ3) is 3.90. The third-order valence-corrected chi connectivity index (χ3v) is 5.17. The Balaban J connectivity index is 1.82. The minimum atomic E-state index is -4.35. The van der Waals surface area contributed by atoms with Crippen molar-refractivity contribution >= 4 is 23.7 Å². The van der Waals surface area contributed by atoms with Crippen LogP contribution in [0.2, 0.25) is 0 Å². The first-order chi connectivity index (χ1) is 15.3. The van der Waals surface area contributed by atoms with Gasteiger partial charge in [-0.05, 0) is 18.6 Å². The summed E-state index contributed by atoms with van der Waals surface area (Å²) in [6, 6.07) is 2.90. The molecule has 3 aromatic rings. The number of hydrogen-bond acceptors (Lipinski definition) is 7. The lowest BCUT2D eigenvalue weighted by Gasteiger charge is -2.42. The minimum absolute atomic E-state index is 0.00799. The van der Waals surface area contributed by atoms with Crippen LogP contribution in [-0.2, 0) is 0 Å². The molecule has 1 aliphatic heterocycles. The van der Waals surface area contributed by atoms with Crippen LogP contribution >= 0.6 is 0 Å². The number of nitrogens with one attached hydrogen (secondary N) is 2. The van der Waals surface area contributed by atoms with Gasteiger partial charge in [-0.3, -0.25) is 25.3 Å². The Morgan fingerprint density at radius 1 is 1.16 bits per heavy atom. The Labute approximate surface area is 181 Å². The van der Waals surface area contributed by atoms with E-state index in [2.05, 4.69) is 19.9 Å². The number of anilines is 2. The van der Waals surface area contributed by atoms with Crippen LogP contribution in [0, 0.1) is 10.8 Å². The number of imidazole rings is 1. The standard InChI is InChI=1S/C20H20F3N9/c1-2-14-16(25)32(12-24)15-11-28-19(29-18(15)30(14)9-5-20(21,22)23)31-10-8-27-17(31)13-3-6-26-7-4-13/h3-4,6-8,10-12,14,24-25H,2,5,9H2,1H3/t14-/m1/s1. The topological polar surface area (TPSA) is 111 Å². The predicted molar refractivity (Wildman–Crippen MR) is 113 cm³/mol. The highest BCUT2D eigenvalue weighted by atomic mass is 19.4. The molecule has 3 aromatic heterocycles. The average molecular weight is 443 g/mol. The van der Waals surface area contributed by atoms with Gasteiger partial charge in [0.05, 0.1) is 25.0 Å². The number of fused-ring (bicyclic) bond motifs is 1. The van der Waals surface area contributed by atoms with E-state index in [1.165, 1.54) is 16.0 Å². The molecule has 1 aliphatic rings. The molecule has 4 heterocycles. The number of halogens is 3. The van der Waals surface area contributed by atoms with Crippen LogP contribution in [0.15, 0.2) is 43.1 Å². The van der Waals surface area contributed by atoms with E-state index in [0.717, 1.165) is 11.9 Å². The summed E-state index contributed by atoms with van der Waals surface area (Å²) in [6.07, 6.45) is 3.84. The van der Waals surface area contributed by atoms with Crippen molar-refractivity contribution in [3.8, 4) is 17.3 Å². The van der Waals surface area contributed by atoms with Crippen molar-refractivity contribution < 1.29 is 13.2 Å². The Morgan fingerprint density at radius 2 is 1.91 bits per heavy atom. The number of aromatic nitrogens is 5. The van der Waals surface area contributed by atoms with Gasteiger partial charge in [0.1, 0.15) is 17.3 Å². The largest absolute Gasteiger partial charge is 0.390 e. The van der Waals surface area contributed by atoms with Crippen molar-refractivity contribution in [3.63, 3.8) is 0 Å². The van der Waals surface area contributed by atoms with Gasteiger partial charge in [0.2, 0.25) is 5.95 Å². The lowest BCUT2D eigenvalue weighted by Crippen LogP contribution is -2.53. The first-order valence-electron chi connectivity index (χ1n) is 9.87. The maximum Gasteiger partial charge on any atom is 0.390 e. The second-order valence-electron chi connectivity index (χ2n) is 7.10. The van der Waals surface area contributed by atoms with Crippen LogP contribution in [0.3, 0.4) is 0 Å². The Hall–Kier alpha value is -3.83. The SMILES string of the molecule is CC[C@@H]1C(=N)N(C=N)c2cnc(-n3ccnc3-c3ccncc3)nc2N1CCC(F)(F)F. The van der Waals surface area contributed by atoms with Crippen molar-refractivity contribution in [2.24, 2.45) is 0 Å². The highest BCUT2D eigenvalue weighted by Gasteiger charge is 2.38. The van der Waals surface area contributed by atoms with Gasteiger partial charge in [-0.1, -0.05) is 6.92 Å². The molecule has 32 heavy (non-hydrogen) atoms. The summed E-state index contributed by atoms with van der Waals surface area (Å²) in [7, 11) is 0. The Kier molecular flexibility index (Phi) is 5.59. The van der Waals surface area contributed by atoms with Crippen molar-refractivity contribution in [3.05, 3.63) is 43.1 Å². The molecule has 4 rings (SSSR count). The highest BCUT2D eigenvalue weighted by Crippen LogP contribution is 2.36. The summed E-state index contributed by atoms with van der Waals surface area (Å²) < 4.78 is 40.7. The van der Waals surface area contributed by atoms with Crippen LogP contribution in [0.4, 0.5) is 24.7 Å². The summed E-state index contributed by atoms with van der Waals surface area (Å²) in [6.45, 7) is 1.42. The quantitative estimate of drug-likeness (QED) is 0.444. The van der Waals surface area contributed by atoms with E-state index >= 15 is 0 Å². The lowest BCUT2D eigenvalue weighted by molar-refractivity contribution is -0.132. The fraction of sp³-hybridized carbons (Fsp3) is 0.300. The van der Waals surface area contributed by atoms with Crippen molar-refractivity contribution in [2.45, 2.75) is 32.0 Å². The van der Waals surface area contributed by atoms with Gasteiger partial charge in [-0.2, -0.15) is 18.2 Å². The molecular formula is C20H20F3N9. The van der Waals surface area contributed by atoms with E-state index < -0.39 is 18.6 Å².